The van der Waals surface area contributed by atoms with Gasteiger partial charge in [0.2, 0.25) is 0 Å². The SMILES string of the molecule is CC(Br)c1cc(-c2ccc(OC(F)(F)F)cc2)nn1C. The minimum atomic E-state index is -4.68. The standard InChI is InChI=1S/C13H12BrF3N2O/c1-8(14)12-7-11(18-19(12)2)9-3-5-10(6-4-9)20-13(15,16)17/h3-8H,1-2H3. The van der Waals surface area contributed by atoms with Crippen LogP contribution in [0.4, 0.5) is 13.2 Å². The van der Waals surface area contributed by atoms with E-state index in [1.165, 1.54) is 12.1 Å². The van der Waals surface area contributed by atoms with Crippen LogP contribution in [0, 0.1) is 0 Å². The van der Waals surface area contributed by atoms with Crippen molar-refractivity contribution in [2.75, 3.05) is 0 Å². The zero-order valence-corrected chi connectivity index (χ0v) is 12.4. The van der Waals surface area contributed by atoms with Gasteiger partial charge in [-0.2, -0.15) is 5.10 Å². The smallest absolute Gasteiger partial charge is 0.406 e. The van der Waals surface area contributed by atoms with Gasteiger partial charge < -0.3 is 4.74 Å². The number of nitrogens with zero attached hydrogens (tertiary/aromatic N) is 2. The maximum Gasteiger partial charge on any atom is 0.573 e. The Morgan fingerprint density at radius 2 is 1.85 bits per heavy atom. The number of hydrogen-bond donors (Lipinski definition) is 0. The van der Waals surface area contributed by atoms with E-state index in [2.05, 4.69) is 25.8 Å². The van der Waals surface area contributed by atoms with E-state index < -0.39 is 6.36 Å². The van der Waals surface area contributed by atoms with Crippen LogP contribution in [0.15, 0.2) is 30.3 Å². The zero-order chi connectivity index (χ0) is 14.9. The van der Waals surface area contributed by atoms with Crippen molar-refractivity contribution in [3.63, 3.8) is 0 Å². The highest BCUT2D eigenvalue weighted by molar-refractivity contribution is 9.09. The molecule has 1 aromatic carbocycles. The van der Waals surface area contributed by atoms with Gasteiger partial charge in [-0.15, -0.1) is 13.2 Å². The normalized spacial score (nSPS) is 13.3. The lowest BCUT2D eigenvalue weighted by molar-refractivity contribution is -0.274. The van der Waals surface area contributed by atoms with Gasteiger partial charge in [0, 0.05) is 12.6 Å². The van der Waals surface area contributed by atoms with Crippen molar-refractivity contribution in [1.82, 2.24) is 9.78 Å². The van der Waals surface area contributed by atoms with E-state index in [1.54, 1.807) is 16.8 Å². The highest BCUT2D eigenvalue weighted by Crippen LogP contribution is 2.29. The molecule has 0 aliphatic heterocycles. The van der Waals surface area contributed by atoms with Crippen molar-refractivity contribution in [2.45, 2.75) is 18.1 Å². The number of hydrogen-bond acceptors (Lipinski definition) is 2. The molecule has 0 saturated heterocycles. The minimum absolute atomic E-state index is 0.140. The summed E-state index contributed by atoms with van der Waals surface area (Å²) in [6.45, 7) is 1.97. The van der Waals surface area contributed by atoms with Crippen LogP contribution in [0.5, 0.6) is 5.75 Å². The van der Waals surface area contributed by atoms with Gasteiger partial charge in [-0.1, -0.05) is 15.9 Å². The molecule has 108 valence electrons. The van der Waals surface area contributed by atoms with E-state index in [0.717, 1.165) is 11.3 Å². The Labute approximate surface area is 122 Å². The fourth-order valence-corrected chi connectivity index (χ4v) is 2.25. The molecule has 0 radical (unpaired) electrons. The third-order valence-corrected chi connectivity index (χ3v) is 3.18. The van der Waals surface area contributed by atoms with E-state index in [1.807, 2.05) is 20.0 Å². The molecule has 2 aromatic rings. The van der Waals surface area contributed by atoms with Crippen LogP contribution in [0.25, 0.3) is 11.3 Å². The molecule has 2 rings (SSSR count). The molecule has 0 saturated carbocycles. The summed E-state index contributed by atoms with van der Waals surface area (Å²) < 4.78 is 41.8. The number of ether oxygens (including phenoxy) is 1. The second kappa shape index (κ2) is 5.47. The summed E-state index contributed by atoms with van der Waals surface area (Å²) in [6.07, 6.45) is -4.68. The highest BCUT2D eigenvalue weighted by atomic mass is 79.9. The third kappa shape index (κ3) is 3.53. The molecule has 20 heavy (non-hydrogen) atoms. The Bertz CT molecular complexity index is 591. The minimum Gasteiger partial charge on any atom is -0.406 e. The number of benzene rings is 1. The van der Waals surface area contributed by atoms with Crippen LogP contribution in [0.2, 0.25) is 0 Å². The summed E-state index contributed by atoms with van der Waals surface area (Å²) in [5.74, 6) is -0.244. The van der Waals surface area contributed by atoms with Gasteiger partial charge in [-0.25, -0.2) is 0 Å². The van der Waals surface area contributed by atoms with E-state index in [4.69, 9.17) is 0 Å². The Kier molecular flexibility index (Phi) is 4.08. The van der Waals surface area contributed by atoms with Gasteiger partial charge in [-0.3, -0.25) is 4.68 Å². The lowest BCUT2D eigenvalue weighted by Gasteiger charge is -2.08. The Morgan fingerprint density at radius 3 is 2.30 bits per heavy atom. The molecule has 7 heteroatoms. The average molecular weight is 349 g/mol. The van der Waals surface area contributed by atoms with Crippen LogP contribution < -0.4 is 4.74 Å². The van der Waals surface area contributed by atoms with Crippen molar-refractivity contribution >= 4 is 15.9 Å². The molecule has 0 spiro atoms. The molecule has 1 aromatic heterocycles. The highest BCUT2D eigenvalue weighted by Gasteiger charge is 2.31. The predicted molar refractivity (Wildman–Crippen MR) is 72.7 cm³/mol. The van der Waals surface area contributed by atoms with Crippen molar-refractivity contribution in [1.29, 1.82) is 0 Å². The predicted octanol–water partition coefficient (Wildman–Crippen LogP) is 4.44. The first kappa shape index (κ1) is 14.9. The Hall–Kier alpha value is -1.50. The van der Waals surface area contributed by atoms with Gasteiger partial charge >= 0.3 is 6.36 Å². The van der Waals surface area contributed by atoms with Crippen molar-refractivity contribution < 1.29 is 17.9 Å². The van der Waals surface area contributed by atoms with Crippen LogP contribution in [0.3, 0.4) is 0 Å². The van der Waals surface area contributed by atoms with E-state index in [-0.39, 0.29) is 10.6 Å². The fourth-order valence-electron chi connectivity index (χ4n) is 1.82. The monoisotopic (exact) mass is 348 g/mol. The van der Waals surface area contributed by atoms with Gasteiger partial charge in [0.25, 0.3) is 0 Å². The quantitative estimate of drug-likeness (QED) is 0.766. The van der Waals surface area contributed by atoms with Crippen LogP contribution in [-0.2, 0) is 7.05 Å². The second-order valence-corrected chi connectivity index (χ2v) is 5.64. The number of halogens is 4. The number of aromatic nitrogens is 2. The molecular weight excluding hydrogens is 337 g/mol. The molecule has 1 unspecified atom stereocenters. The molecule has 0 bridgehead atoms. The molecule has 0 fully saturated rings. The third-order valence-electron chi connectivity index (χ3n) is 2.71. The largest absolute Gasteiger partial charge is 0.573 e. The summed E-state index contributed by atoms with van der Waals surface area (Å²) >= 11 is 3.46. The number of aryl methyl sites for hydroxylation is 1. The molecule has 0 N–H and O–H groups in total. The van der Waals surface area contributed by atoms with Crippen molar-refractivity contribution in [3.8, 4) is 17.0 Å². The average Bonchev–Trinajstić information content (AvgIpc) is 2.70. The van der Waals surface area contributed by atoms with Crippen LogP contribution in [-0.4, -0.2) is 16.1 Å². The van der Waals surface area contributed by atoms with Crippen LogP contribution >= 0.6 is 15.9 Å². The molecule has 0 amide bonds. The topological polar surface area (TPSA) is 27.1 Å². The first-order valence-electron chi connectivity index (χ1n) is 5.80. The Morgan fingerprint density at radius 1 is 1.25 bits per heavy atom. The maximum atomic E-state index is 12.1. The first-order chi connectivity index (χ1) is 9.26. The van der Waals surface area contributed by atoms with Gasteiger partial charge in [0.05, 0.1) is 16.2 Å². The lowest BCUT2D eigenvalue weighted by atomic mass is 10.1. The maximum absolute atomic E-state index is 12.1. The Balaban J connectivity index is 2.24. The van der Waals surface area contributed by atoms with E-state index in [9.17, 15) is 13.2 Å². The second-order valence-electron chi connectivity index (χ2n) is 4.27. The van der Waals surface area contributed by atoms with Gasteiger partial charge in [0.15, 0.2) is 0 Å². The van der Waals surface area contributed by atoms with Crippen molar-refractivity contribution in [3.05, 3.63) is 36.0 Å². The molecule has 3 nitrogen and oxygen atoms in total. The number of rotatable bonds is 3. The van der Waals surface area contributed by atoms with Gasteiger partial charge in [-0.05, 0) is 37.3 Å². The summed E-state index contributed by atoms with van der Waals surface area (Å²) in [7, 11) is 1.82. The summed E-state index contributed by atoms with van der Waals surface area (Å²) in [4.78, 5) is 0.140. The van der Waals surface area contributed by atoms with Gasteiger partial charge in [0.1, 0.15) is 5.75 Å². The molecule has 1 atom stereocenters. The van der Waals surface area contributed by atoms with E-state index in [0.29, 0.717) is 5.69 Å². The molecule has 0 aliphatic carbocycles. The summed E-state index contributed by atoms with van der Waals surface area (Å²) in [6, 6.07) is 7.53. The van der Waals surface area contributed by atoms with Crippen molar-refractivity contribution in [2.24, 2.45) is 7.05 Å². The zero-order valence-electron chi connectivity index (χ0n) is 10.8. The summed E-state index contributed by atoms with van der Waals surface area (Å²) in [5, 5.41) is 4.33. The van der Waals surface area contributed by atoms with Crippen LogP contribution in [0.1, 0.15) is 17.4 Å². The summed E-state index contributed by atoms with van der Waals surface area (Å²) in [5.41, 5.74) is 2.41. The molecule has 1 heterocycles. The van der Waals surface area contributed by atoms with E-state index >= 15 is 0 Å². The molecule has 0 aliphatic rings. The number of alkyl halides is 4. The lowest BCUT2D eigenvalue weighted by Crippen LogP contribution is -2.16. The first-order valence-corrected chi connectivity index (χ1v) is 6.72. The fraction of sp³-hybridized carbons (Fsp3) is 0.308. The molecular formula is C13H12BrF3N2O.